The summed E-state index contributed by atoms with van der Waals surface area (Å²) in [4.78, 5) is 11.8. The van der Waals surface area contributed by atoms with Gasteiger partial charge < -0.3 is 20.1 Å². The Bertz CT molecular complexity index is 435. The highest BCUT2D eigenvalue weighted by Crippen LogP contribution is 2.27. The van der Waals surface area contributed by atoms with E-state index in [0.29, 0.717) is 24.6 Å². The quantitative estimate of drug-likeness (QED) is 0.751. The zero-order chi connectivity index (χ0) is 15.0. The first-order valence-electron chi connectivity index (χ1n) is 6.75. The van der Waals surface area contributed by atoms with Crippen LogP contribution in [-0.4, -0.2) is 40.3 Å². The lowest BCUT2D eigenvalue weighted by atomic mass is 10.1. The van der Waals surface area contributed by atoms with Gasteiger partial charge in [0.05, 0.1) is 14.2 Å². The second kappa shape index (κ2) is 8.43. The molecule has 0 fully saturated rings. The van der Waals surface area contributed by atoms with Gasteiger partial charge in [-0.05, 0) is 31.2 Å². The lowest BCUT2D eigenvalue weighted by Crippen LogP contribution is -2.35. The Morgan fingerprint density at radius 1 is 1.25 bits per heavy atom. The molecule has 0 saturated heterocycles. The molecule has 1 amide bonds. The predicted molar refractivity (Wildman–Crippen MR) is 79.4 cm³/mol. The maximum absolute atomic E-state index is 11.8. The van der Waals surface area contributed by atoms with Gasteiger partial charge in [0.1, 0.15) is 0 Å². The summed E-state index contributed by atoms with van der Waals surface area (Å²) in [6.45, 7) is 3.20. The van der Waals surface area contributed by atoms with Crippen LogP contribution in [0.4, 0.5) is 0 Å². The van der Waals surface area contributed by atoms with Crippen LogP contribution in [0.2, 0.25) is 0 Å². The molecule has 0 saturated carbocycles. The van der Waals surface area contributed by atoms with Gasteiger partial charge in [-0.3, -0.25) is 4.79 Å². The van der Waals surface area contributed by atoms with E-state index in [1.54, 1.807) is 14.2 Å². The van der Waals surface area contributed by atoms with Crippen LogP contribution < -0.4 is 20.1 Å². The summed E-state index contributed by atoms with van der Waals surface area (Å²) < 4.78 is 10.4. The summed E-state index contributed by atoms with van der Waals surface area (Å²) >= 11 is 0. The first-order valence-corrected chi connectivity index (χ1v) is 6.75. The number of methoxy groups -OCH3 is 2. The SMILES string of the molecule is CNCC(C)C(=O)NCCc1ccc(OC)c(OC)c1. The van der Waals surface area contributed by atoms with Gasteiger partial charge >= 0.3 is 0 Å². The van der Waals surface area contributed by atoms with E-state index in [9.17, 15) is 4.79 Å². The molecule has 2 N–H and O–H groups in total. The molecule has 1 atom stereocenters. The summed E-state index contributed by atoms with van der Waals surface area (Å²) in [5, 5.41) is 5.92. The third kappa shape index (κ3) is 4.74. The second-order valence-electron chi connectivity index (χ2n) is 4.69. The molecule has 0 aromatic heterocycles. The van der Waals surface area contributed by atoms with Crippen LogP contribution in [0.25, 0.3) is 0 Å². The summed E-state index contributed by atoms with van der Waals surface area (Å²) in [7, 11) is 5.07. The molecule has 0 radical (unpaired) electrons. The van der Waals surface area contributed by atoms with E-state index in [1.807, 2.05) is 32.2 Å². The lowest BCUT2D eigenvalue weighted by molar-refractivity contribution is -0.124. The minimum atomic E-state index is -0.0228. The molecular weight excluding hydrogens is 256 g/mol. The normalized spacial score (nSPS) is 11.8. The van der Waals surface area contributed by atoms with E-state index < -0.39 is 0 Å². The molecule has 0 heterocycles. The number of hydrogen-bond acceptors (Lipinski definition) is 4. The first kappa shape index (κ1) is 16.3. The zero-order valence-electron chi connectivity index (χ0n) is 12.7. The average Bonchev–Trinajstić information content (AvgIpc) is 2.47. The molecule has 0 spiro atoms. The number of carbonyl (C=O) groups is 1. The number of amides is 1. The Balaban J connectivity index is 2.48. The molecule has 1 unspecified atom stereocenters. The van der Waals surface area contributed by atoms with E-state index in [-0.39, 0.29) is 11.8 Å². The largest absolute Gasteiger partial charge is 0.493 e. The van der Waals surface area contributed by atoms with Crippen LogP contribution in [0.15, 0.2) is 18.2 Å². The summed E-state index contributed by atoms with van der Waals surface area (Å²) in [6.07, 6.45) is 0.762. The molecule has 0 aliphatic heterocycles. The standard InChI is InChI=1S/C15H24N2O3/c1-11(10-16-2)15(18)17-8-7-12-5-6-13(19-3)14(9-12)20-4/h5-6,9,11,16H,7-8,10H2,1-4H3,(H,17,18). The molecular formula is C15H24N2O3. The van der Waals surface area contributed by atoms with E-state index >= 15 is 0 Å². The molecule has 0 aliphatic rings. The number of rotatable bonds is 8. The van der Waals surface area contributed by atoms with Crippen molar-refractivity contribution >= 4 is 5.91 Å². The third-order valence-electron chi connectivity index (χ3n) is 3.12. The van der Waals surface area contributed by atoms with Crippen LogP contribution >= 0.6 is 0 Å². The number of ether oxygens (including phenoxy) is 2. The van der Waals surface area contributed by atoms with Gasteiger partial charge in [0.15, 0.2) is 11.5 Å². The monoisotopic (exact) mass is 280 g/mol. The van der Waals surface area contributed by atoms with Crippen LogP contribution in [0.1, 0.15) is 12.5 Å². The number of carbonyl (C=O) groups excluding carboxylic acids is 1. The van der Waals surface area contributed by atoms with Crippen molar-refractivity contribution < 1.29 is 14.3 Å². The Hall–Kier alpha value is -1.75. The fourth-order valence-electron chi connectivity index (χ4n) is 1.94. The molecule has 5 nitrogen and oxygen atoms in total. The molecule has 5 heteroatoms. The van der Waals surface area contributed by atoms with Crippen molar-refractivity contribution in [2.24, 2.45) is 5.92 Å². The van der Waals surface area contributed by atoms with Gasteiger partial charge in [-0.15, -0.1) is 0 Å². The average molecular weight is 280 g/mol. The molecule has 1 rings (SSSR count). The highest BCUT2D eigenvalue weighted by atomic mass is 16.5. The number of nitrogens with one attached hydrogen (secondary N) is 2. The van der Waals surface area contributed by atoms with Crippen molar-refractivity contribution in [2.75, 3.05) is 34.4 Å². The Morgan fingerprint density at radius 3 is 2.55 bits per heavy atom. The second-order valence-corrected chi connectivity index (χ2v) is 4.69. The van der Waals surface area contributed by atoms with Crippen LogP contribution in [0, 0.1) is 5.92 Å². The van der Waals surface area contributed by atoms with Crippen molar-refractivity contribution in [1.29, 1.82) is 0 Å². The Kier molecular flexibility index (Phi) is 6.87. The van der Waals surface area contributed by atoms with Gasteiger partial charge in [0.2, 0.25) is 5.91 Å². The maximum Gasteiger partial charge on any atom is 0.224 e. The van der Waals surface area contributed by atoms with Crippen molar-refractivity contribution in [1.82, 2.24) is 10.6 Å². The highest BCUT2D eigenvalue weighted by Gasteiger charge is 2.11. The van der Waals surface area contributed by atoms with Gasteiger partial charge in [-0.1, -0.05) is 13.0 Å². The van der Waals surface area contributed by atoms with Crippen molar-refractivity contribution in [3.63, 3.8) is 0 Å². The Morgan fingerprint density at radius 2 is 1.95 bits per heavy atom. The maximum atomic E-state index is 11.8. The predicted octanol–water partition coefficient (Wildman–Crippen LogP) is 1.22. The van der Waals surface area contributed by atoms with Crippen LogP contribution in [0.3, 0.4) is 0 Å². The molecule has 112 valence electrons. The van der Waals surface area contributed by atoms with E-state index in [1.165, 1.54) is 0 Å². The van der Waals surface area contributed by atoms with Crippen LogP contribution in [0.5, 0.6) is 11.5 Å². The molecule has 1 aromatic carbocycles. The molecule has 0 aliphatic carbocycles. The van der Waals surface area contributed by atoms with Crippen molar-refractivity contribution in [3.05, 3.63) is 23.8 Å². The summed E-state index contributed by atoms with van der Waals surface area (Å²) in [5.41, 5.74) is 1.10. The minimum absolute atomic E-state index is 0.0228. The zero-order valence-corrected chi connectivity index (χ0v) is 12.7. The smallest absolute Gasteiger partial charge is 0.224 e. The van der Waals surface area contributed by atoms with Gasteiger partial charge in [-0.25, -0.2) is 0 Å². The minimum Gasteiger partial charge on any atom is -0.493 e. The van der Waals surface area contributed by atoms with E-state index in [0.717, 1.165) is 12.0 Å². The number of benzene rings is 1. The molecule has 20 heavy (non-hydrogen) atoms. The fraction of sp³-hybridized carbons (Fsp3) is 0.533. The summed E-state index contributed by atoms with van der Waals surface area (Å²) in [6, 6.07) is 5.78. The van der Waals surface area contributed by atoms with E-state index in [4.69, 9.17) is 9.47 Å². The first-order chi connectivity index (χ1) is 9.62. The van der Waals surface area contributed by atoms with Gasteiger partial charge in [0.25, 0.3) is 0 Å². The van der Waals surface area contributed by atoms with Crippen molar-refractivity contribution in [3.8, 4) is 11.5 Å². The number of hydrogen-bond donors (Lipinski definition) is 2. The third-order valence-corrected chi connectivity index (χ3v) is 3.12. The molecule has 1 aromatic rings. The van der Waals surface area contributed by atoms with Crippen molar-refractivity contribution in [2.45, 2.75) is 13.3 Å². The summed E-state index contributed by atoms with van der Waals surface area (Å²) in [5.74, 6) is 1.47. The highest BCUT2D eigenvalue weighted by molar-refractivity contribution is 5.78. The molecule has 0 bridgehead atoms. The Labute approximate surface area is 120 Å². The van der Waals surface area contributed by atoms with Crippen LogP contribution in [-0.2, 0) is 11.2 Å². The van der Waals surface area contributed by atoms with Gasteiger partial charge in [-0.2, -0.15) is 0 Å². The van der Waals surface area contributed by atoms with E-state index in [2.05, 4.69) is 10.6 Å². The van der Waals surface area contributed by atoms with Gasteiger partial charge in [0, 0.05) is 19.0 Å². The topological polar surface area (TPSA) is 59.6 Å². The fourth-order valence-corrected chi connectivity index (χ4v) is 1.94. The lowest BCUT2D eigenvalue weighted by Gasteiger charge is -2.12.